The highest BCUT2D eigenvalue weighted by atomic mass is 35.5. The molecule has 1 aliphatic carbocycles. The maximum atomic E-state index is 11.8. The Kier molecular flexibility index (Phi) is 4.11. The lowest BCUT2D eigenvalue weighted by Gasteiger charge is -2.10. The molecular formula is C14H17ClN4O. The minimum atomic E-state index is -0.631. The van der Waals surface area contributed by atoms with Gasteiger partial charge >= 0.3 is 0 Å². The molecule has 0 radical (unpaired) electrons. The third-order valence-corrected chi connectivity index (χ3v) is 3.36. The highest BCUT2D eigenvalue weighted by Gasteiger charge is 2.45. The first-order chi connectivity index (χ1) is 9.16. The Morgan fingerprint density at radius 2 is 2.05 bits per heavy atom. The number of nitrogens with two attached hydrogens (primary N) is 1. The van der Waals surface area contributed by atoms with Crippen LogP contribution in [0.3, 0.4) is 0 Å². The van der Waals surface area contributed by atoms with Crippen molar-refractivity contribution in [1.82, 2.24) is 9.78 Å². The first-order valence-electron chi connectivity index (χ1n) is 6.32. The molecule has 1 aliphatic rings. The summed E-state index contributed by atoms with van der Waals surface area (Å²) < 4.78 is 1.85. The molecule has 0 saturated heterocycles. The van der Waals surface area contributed by atoms with Crippen LogP contribution in [0.15, 0.2) is 42.7 Å². The molecule has 1 heterocycles. The summed E-state index contributed by atoms with van der Waals surface area (Å²) in [5, 5.41) is 7.00. The van der Waals surface area contributed by atoms with Crippen LogP contribution in [0, 0.1) is 0 Å². The van der Waals surface area contributed by atoms with E-state index in [0.29, 0.717) is 0 Å². The number of carbonyl (C=O) groups excluding carboxylic acids is 1. The van der Waals surface area contributed by atoms with E-state index < -0.39 is 5.54 Å². The predicted molar refractivity (Wildman–Crippen MR) is 79.8 cm³/mol. The molecule has 2 aromatic rings. The molecule has 1 aromatic heterocycles. The van der Waals surface area contributed by atoms with Crippen LogP contribution < -0.4 is 11.1 Å². The molecule has 0 spiro atoms. The topological polar surface area (TPSA) is 72.9 Å². The number of carbonyl (C=O) groups is 1. The van der Waals surface area contributed by atoms with Gasteiger partial charge in [-0.3, -0.25) is 9.48 Å². The fourth-order valence-corrected chi connectivity index (χ4v) is 1.89. The quantitative estimate of drug-likeness (QED) is 0.902. The number of rotatable bonds is 4. The zero-order valence-electron chi connectivity index (χ0n) is 11.0. The molecule has 0 bridgehead atoms. The lowest BCUT2D eigenvalue weighted by Crippen LogP contribution is -2.37. The first-order valence-corrected chi connectivity index (χ1v) is 6.32. The van der Waals surface area contributed by atoms with E-state index in [9.17, 15) is 4.79 Å². The normalized spacial score (nSPS) is 15.2. The van der Waals surface area contributed by atoms with Crippen molar-refractivity contribution in [3.8, 4) is 0 Å². The van der Waals surface area contributed by atoms with Crippen molar-refractivity contribution in [2.75, 3.05) is 5.32 Å². The van der Waals surface area contributed by atoms with Gasteiger partial charge in [0.05, 0.1) is 12.1 Å². The summed E-state index contributed by atoms with van der Waals surface area (Å²) in [7, 11) is 0. The molecule has 1 aromatic carbocycles. The molecule has 1 saturated carbocycles. The highest BCUT2D eigenvalue weighted by Crippen LogP contribution is 2.33. The summed E-state index contributed by atoms with van der Waals surface area (Å²) in [6, 6.07) is 9.64. The second-order valence-corrected chi connectivity index (χ2v) is 5.01. The van der Waals surface area contributed by atoms with Crippen LogP contribution >= 0.6 is 12.4 Å². The van der Waals surface area contributed by atoms with Crippen molar-refractivity contribution in [2.24, 2.45) is 5.73 Å². The van der Waals surface area contributed by atoms with Crippen molar-refractivity contribution in [1.29, 1.82) is 0 Å². The zero-order valence-corrected chi connectivity index (χ0v) is 11.8. The van der Waals surface area contributed by atoms with E-state index in [1.54, 1.807) is 6.20 Å². The van der Waals surface area contributed by atoms with Gasteiger partial charge < -0.3 is 11.1 Å². The molecular weight excluding hydrogens is 276 g/mol. The minimum absolute atomic E-state index is 0. The number of hydrogen-bond donors (Lipinski definition) is 2. The molecule has 3 N–H and O–H groups in total. The van der Waals surface area contributed by atoms with Crippen LogP contribution in [0.25, 0.3) is 0 Å². The van der Waals surface area contributed by atoms with Crippen LogP contribution in [-0.2, 0) is 11.3 Å². The van der Waals surface area contributed by atoms with Crippen molar-refractivity contribution in [3.05, 3.63) is 48.3 Å². The van der Waals surface area contributed by atoms with E-state index in [1.165, 1.54) is 0 Å². The summed E-state index contributed by atoms with van der Waals surface area (Å²) in [4.78, 5) is 11.8. The second kappa shape index (κ2) is 5.64. The Hall–Kier alpha value is -1.85. The average molecular weight is 293 g/mol. The van der Waals surface area contributed by atoms with Gasteiger partial charge in [0.15, 0.2) is 0 Å². The van der Waals surface area contributed by atoms with Gasteiger partial charge in [0.2, 0.25) is 5.91 Å². The van der Waals surface area contributed by atoms with Crippen LogP contribution in [0.1, 0.15) is 18.4 Å². The molecule has 106 valence electrons. The zero-order chi connectivity index (χ0) is 13.3. The largest absolute Gasteiger partial charge is 0.324 e. The molecule has 1 amide bonds. The van der Waals surface area contributed by atoms with Crippen LogP contribution in [0.2, 0.25) is 0 Å². The van der Waals surface area contributed by atoms with Gasteiger partial charge in [-0.25, -0.2) is 0 Å². The Bertz CT molecular complexity index is 576. The van der Waals surface area contributed by atoms with Crippen molar-refractivity contribution in [3.63, 3.8) is 0 Å². The molecule has 5 nitrogen and oxygen atoms in total. The summed E-state index contributed by atoms with van der Waals surface area (Å²) in [6.07, 6.45) is 5.22. The van der Waals surface area contributed by atoms with E-state index in [2.05, 4.69) is 10.4 Å². The Balaban J connectivity index is 0.00000147. The van der Waals surface area contributed by atoms with E-state index in [0.717, 1.165) is 30.6 Å². The Morgan fingerprint density at radius 3 is 2.60 bits per heavy atom. The SMILES string of the molecule is Cl.NC1(C(=O)Nc2ccc(Cn3cccn3)cc2)CC1. The van der Waals surface area contributed by atoms with E-state index >= 15 is 0 Å². The Morgan fingerprint density at radius 1 is 1.35 bits per heavy atom. The van der Waals surface area contributed by atoms with E-state index in [1.807, 2.05) is 41.2 Å². The van der Waals surface area contributed by atoms with Gasteiger partial charge in [-0.2, -0.15) is 5.10 Å². The third kappa shape index (κ3) is 3.18. The lowest BCUT2D eigenvalue weighted by molar-refractivity contribution is -0.118. The van der Waals surface area contributed by atoms with Gasteiger partial charge in [-0.1, -0.05) is 12.1 Å². The summed E-state index contributed by atoms with van der Waals surface area (Å²) in [5.41, 5.74) is 7.12. The molecule has 1 fully saturated rings. The van der Waals surface area contributed by atoms with E-state index in [4.69, 9.17) is 5.73 Å². The van der Waals surface area contributed by atoms with Gasteiger partial charge in [-0.05, 0) is 36.6 Å². The number of aromatic nitrogens is 2. The lowest BCUT2D eigenvalue weighted by atomic mass is 10.2. The molecule has 20 heavy (non-hydrogen) atoms. The molecule has 0 aliphatic heterocycles. The Labute approximate surface area is 123 Å². The highest BCUT2D eigenvalue weighted by molar-refractivity contribution is 6.00. The number of benzene rings is 1. The fraction of sp³-hybridized carbons (Fsp3) is 0.286. The molecule has 6 heteroatoms. The number of halogens is 1. The number of hydrogen-bond acceptors (Lipinski definition) is 3. The second-order valence-electron chi connectivity index (χ2n) is 5.01. The molecule has 3 rings (SSSR count). The van der Waals surface area contributed by atoms with Crippen LogP contribution in [-0.4, -0.2) is 21.2 Å². The number of nitrogens with one attached hydrogen (secondary N) is 1. The first kappa shape index (κ1) is 14.6. The van der Waals surface area contributed by atoms with Gasteiger partial charge in [0.1, 0.15) is 0 Å². The summed E-state index contributed by atoms with van der Waals surface area (Å²) in [6.45, 7) is 0.724. The van der Waals surface area contributed by atoms with Gasteiger partial charge in [-0.15, -0.1) is 12.4 Å². The van der Waals surface area contributed by atoms with Crippen molar-refractivity contribution < 1.29 is 4.79 Å². The smallest absolute Gasteiger partial charge is 0.244 e. The monoisotopic (exact) mass is 292 g/mol. The minimum Gasteiger partial charge on any atom is -0.324 e. The fourth-order valence-electron chi connectivity index (χ4n) is 1.89. The van der Waals surface area contributed by atoms with Gasteiger partial charge in [0.25, 0.3) is 0 Å². The summed E-state index contributed by atoms with van der Waals surface area (Å²) >= 11 is 0. The maximum absolute atomic E-state index is 11.8. The number of amides is 1. The van der Waals surface area contributed by atoms with Crippen LogP contribution in [0.4, 0.5) is 5.69 Å². The standard InChI is InChI=1S/C14H16N4O.ClH/c15-14(6-7-14)13(19)17-12-4-2-11(3-5-12)10-18-9-1-8-16-18;/h1-5,8-9H,6-7,10,15H2,(H,17,19);1H. The van der Waals surface area contributed by atoms with Gasteiger partial charge in [0, 0.05) is 18.1 Å². The average Bonchev–Trinajstić information content (AvgIpc) is 2.96. The van der Waals surface area contributed by atoms with Crippen molar-refractivity contribution >= 4 is 24.0 Å². The maximum Gasteiger partial charge on any atom is 0.244 e. The van der Waals surface area contributed by atoms with Crippen molar-refractivity contribution in [2.45, 2.75) is 24.9 Å². The van der Waals surface area contributed by atoms with E-state index in [-0.39, 0.29) is 18.3 Å². The predicted octanol–water partition coefficient (Wildman–Crippen LogP) is 1.78. The number of anilines is 1. The number of nitrogens with zero attached hydrogens (tertiary/aromatic N) is 2. The molecule has 0 atom stereocenters. The third-order valence-electron chi connectivity index (χ3n) is 3.36. The summed E-state index contributed by atoms with van der Waals surface area (Å²) in [5.74, 6) is -0.0904. The molecule has 0 unspecified atom stereocenters. The van der Waals surface area contributed by atoms with Crippen LogP contribution in [0.5, 0.6) is 0 Å².